The maximum atomic E-state index is 12.9. The number of hydrogen-bond donors (Lipinski definition) is 2. The Morgan fingerprint density at radius 1 is 1.19 bits per heavy atom. The minimum atomic E-state index is -0.0490. The van der Waals surface area contributed by atoms with Crippen LogP contribution < -0.4 is 10.1 Å². The molecule has 1 fully saturated rings. The van der Waals surface area contributed by atoms with E-state index in [1.807, 2.05) is 46.0 Å². The zero-order valence-electron chi connectivity index (χ0n) is 17.3. The number of piperazine rings is 1. The van der Waals surface area contributed by atoms with Gasteiger partial charge in [-0.3, -0.25) is 19.6 Å². The van der Waals surface area contributed by atoms with Gasteiger partial charge >= 0.3 is 0 Å². The van der Waals surface area contributed by atoms with Crippen molar-refractivity contribution in [3.05, 3.63) is 58.4 Å². The summed E-state index contributed by atoms with van der Waals surface area (Å²) in [4.78, 5) is 29.0. The Labute approximate surface area is 184 Å². The molecule has 0 aliphatic carbocycles. The number of methoxy groups -OCH3 is 1. The van der Waals surface area contributed by atoms with Gasteiger partial charge in [0.2, 0.25) is 0 Å². The summed E-state index contributed by atoms with van der Waals surface area (Å²) in [5.41, 5.74) is 2.79. The average Bonchev–Trinajstić information content (AvgIpc) is 3.52. The van der Waals surface area contributed by atoms with Crippen LogP contribution in [0.3, 0.4) is 0 Å². The molecule has 31 heavy (non-hydrogen) atoms. The van der Waals surface area contributed by atoms with Crippen LogP contribution in [-0.2, 0) is 0 Å². The summed E-state index contributed by atoms with van der Waals surface area (Å²) in [6.45, 7) is 4.19. The topological polar surface area (TPSA) is 90.6 Å². The molecule has 3 heterocycles. The predicted molar refractivity (Wildman–Crippen MR) is 120 cm³/mol. The lowest BCUT2D eigenvalue weighted by Crippen LogP contribution is -2.50. The number of rotatable bonds is 7. The summed E-state index contributed by atoms with van der Waals surface area (Å²) in [5.74, 6) is 0.657. The van der Waals surface area contributed by atoms with Crippen molar-refractivity contribution in [1.29, 1.82) is 0 Å². The molecule has 1 saturated heterocycles. The predicted octanol–water partition coefficient (Wildman–Crippen LogP) is 2.33. The Hall–Kier alpha value is -3.17. The third-order valence-corrected chi connectivity index (χ3v) is 6.01. The van der Waals surface area contributed by atoms with E-state index in [1.54, 1.807) is 13.2 Å². The maximum absolute atomic E-state index is 12.9. The number of H-pyrrole nitrogens is 1. The Bertz CT molecular complexity index is 1030. The quantitative estimate of drug-likeness (QED) is 0.590. The molecule has 4 rings (SSSR count). The highest BCUT2D eigenvalue weighted by molar-refractivity contribution is 7.08. The Kier molecular flexibility index (Phi) is 6.63. The zero-order valence-corrected chi connectivity index (χ0v) is 18.2. The van der Waals surface area contributed by atoms with Crippen LogP contribution in [0, 0.1) is 0 Å². The molecule has 3 aromatic rings. The number of hydrogen-bond acceptors (Lipinski definition) is 6. The molecular weight excluding hydrogens is 414 g/mol. The summed E-state index contributed by atoms with van der Waals surface area (Å²) in [6.07, 6.45) is 0. The van der Waals surface area contributed by atoms with Gasteiger partial charge in [0.25, 0.3) is 11.8 Å². The number of ether oxygens (including phenoxy) is 1. The van der Waals surface area contributed by atoms with Crippen LogP contribution in [0.4, 0.5) is 0 Å². The van der Waals surface area contributed by atoms with E-state index >= 15 is 0 Å². The van der Waals surface area contributed by atoms with Crippen LogP contribution in [0.1, 0.15) is 20.8 Å². The van der Waals surface area contributed by atoms with E-state index in [2.05, 4.69) is 20.4 Å². The van der Waals surface area contributed by atoms with E-state index in [0.717, 1.165) is 30.9 Å². The fraction of sp³-hybridized carbons (Fsp3) is 0.318. The standard InChI is InChI=1S/C22H25N5O3S/c1-30-18-4-2-3-16(13-18)19-14-20(25-24-19)22(29)27-10-8-26(9-11-27)7-6-23-21(28)17-5-12-31-15-17/h2-5,12-15H,6-11H2,1H3,(H,23,28)(H,24,25). The largest absolute Gasteiger partial charge is 0.497 e. The van der Waals surface area contributed by atoms with Gasteiger partial charge in [0, 0.05) is 55.8 Å². The summed E-state index contributed by atoms with van der Waals surface area (Å²) >= 11 is 1.51. The number of benzene rings is 1. The van der Waals surface area contributed by atoms with Gasteiger partial charge in [-0.05, 0) is 29.6 Å². The molecule has 9 heteroatoms. The monoisotopic (exact) mass is 439 g/mol. The summed E-state index contributed by atoms with van der Waals surface area (Å²) in [7, 11) is 1.62. The van der Waals surface area contributed by atoms with Crippen LogP contribution in [0.5, 0.6) is 5.75 Å². The van der Waals surface area contributed by atoms with Crippen LogP contribution in [0.2, 0.25) is 0 Å². The molecular formula is C22H25N5O3S. The molecule has 1 aliphatic heterocycles. The van der Waals surface area contributed by atoms with E-state index in [1.165, 1.54) is 11.3 Å². The minimum absolute atomic E-state index is 0.0406. The molecule has 0 radical (unpaired) electrons. The molecule has 2 aromatic heterocycles. The molecule has 8 nitrogen and oxygen atoms in total. The van der Waals surface area contributed by atoms with Crippen LogP contribution in [0.15, 0.2) is 47.2 Å². The number of carbonyl (C=O) groups is 2. The molecule has 1 aliphatic rings. The highest BCUT2D eigenvalue weighted by Crippen LogP contribution is 2.23. The molecule has 0 saturated carbocycles. The van der Waals surface area contributed by atoms with Gasteiger partial charge in [-0.1, -0.05) is 12.1 Å². The Morgan fingerprint density at radius 3 is 2.77 bits per heavy atom. The van der Waals surface area contributed by atoms with E-state index in [4.69, 9.17) is 4.74 Å². The first kappa shape index (κ1) is 21.1. The molecule has 0 bridgehead atoms. The van der Waals surface area contributed by atoms with Crippen molar-refractivity contribution in [2.75, 3.05) is 46.4 Å². The van der Waals surface area contributed by atoms with Crippen molar-refractivity contribution in [3.63, 3.8) is 0 Å². The molecule has 0 spiro atoms. The van der Waals surface area contributed by atoms with Gasteiger partial charge in [-0.25, -0.2) is 0 Å². The minimum Gasteiger partial charge on any atom is -0.497 e. The normalized spacial score (nSPS) is 14.4. The maximum Gasteiger partial charge on any atom is 0.271 e. The lowest BCUT2D eigenvalue weighted by Gasteiger charge is -2.34. The van der Waals surface area contributed by atoms with E-state index < -0.39 is 0 Å². The van der Waals surface area contributed by atoms with E-state index in [0.29, 0.717) is 36.6 Å². The van der Waals surface area contributed by atoms with Crippen LogP contribution in [-0.4, -0.2) is 78.2 Å². The first-order valence-electron chi connectivity index (χ1n) is 10.2. The molecule has 1 aromatic carbocycles. The summed E-state index contributed by atoms with van der Waals surface area (Å²) in [5, 5.41) is 13.8. The smallest absolute Gasteiger partial charge is 0.271 e. The molecule has 0 atom stereocenters. The van der Waals surface area contributed by atoms with Gasteiger partial charge in [-0.15, -0.1) is 0 Å². The first-order chi connectivity index (χ1) is 15.1. The lowest BCUT2D eigenvalue weighted by molar-refractivity contribution is 0.0632. The van der Waals surface area contributed by atoms with Crippen LogP contribution >= 0.6 is 11.3 Å². The van der Waals surface area contributed by atoms with Crippen molar-refractivity contribution in [1.82, 2.24) is 25.3 Å². The van der Waals surface area contributed by atoms with Gasteiger partial charge in [0.05, 0.1) is 12.8 Å². The number of carbonyl (C=O) groups excluding carboxylic acids is 2. The van der Waals surface area contributed by atoms with E-state index in [-0.39, 0.29) is 11.8 Å². The lowest BCUT2D eigenvalue weighted by atomic mass is 10.1. The van der Waals surface area contributed by atoms with Crippen LogP contribution in [0.25, 0.3) is 11.3 Å². The number of aromatic amines is 1. The SMILES string of the molecule is COc1cccc(-c2cc(C(=O)N3CCN(CCNC(=O)c4ccsc4)CC3)[nH]n2)c1. The summed E-state index contributed by atoms with van der Waals surface area (Å²) in [6, 6.07) is 11.2. The second kappa shape index (κ2) is 9.76. The molecule has 162 valence electrons. The first-order valence-corrected chi connectivity index (χ1v) is 11.1. The van der Waals surface area contributed by atoms with Gasteiger partial charge in [-0.2, -0.15) is 16.4 Å². The number of thiophene rings is 1. The van der Waals surface area contributed by atoms with Gasteiger partial charge < -0.3 is 15.0 Å². The van der Waals surface area contributed by atoms with Crippen molar-refractivity contribution < 1.29 is 14.3 Å². The number of nitrogens with zero attached hydrogens (tertiary/aromatic N) is 3. The molecule has 2 amide bonds. The van der Waals surface area contributed by atoms with Gasteiger partial charge in [0.1, 0.15) is 11.4 Å². The average molecular weight is 440 g/mol. The van der Waals surface area contributed by atoms with Crippen molar-refractivity contribution in [2.45, 2.75) is 0 Å². The Balaban J connectivity index is 1.26. The highest BCUT2D eigenvalue weighted by atomic mass is 32.1. The van der Waals surface area contributed by atoms with Crippen molar-refractivity contribution in [2.24, 2.45) is 0 Å². The van der Waals surface area contributed by atoms with Crippen molar-refractivity contribution >= 4 is 23.2 Å². The fourth-order valence-electron chi connectivity index (χ4n) is 3.53. The number of amides is 2. The highest BCUT2D eigenvalue weighted by Gasteiger charge is 2.23. The molecule has 0 unspecified atom stereocenters. The van der Waals surface area contributed by atoms with Gasteiger partial charge in [0.15, 0.2) is 0 Å². The number of aromatic nitrogens is 2. The molecule has 2 N–H and O–H groups in total. The van der Waals surface area contributed by atoms with Crippen molar-refractivity contribution in [3.8, 4) is 17.0 Å². The third kappa shape index (κ3) is 5.12. The second-order valence-electron chi connectivity index (χ2n) is 7.30. The second-order valence-corrected chi connectivity index (χ2v) is 8.08. The van der Waals surface area contributed by atoms with E-state index in [9.17, 15) is 9.59 Å². The fourth-order valence-corrected chi connectivity index (χ4v) is 4.17. The number of nitrogens with one attached hydrogen (secondary N) is 2. The third-order valence-electron chi connectivity index (χ3n) is 5.33. The Morgan fingerprint density at radius 2 is 2.03 bits per heavy atom. The zero-order chi connectivity index (χ0) is 21.6. The summed E-state index contributed by atoms with van der Waals surface area (Å²) < 4.78 is 5.26.